The molecule has 1 fully saturated rings. The van der Waals surface area contributed by atoms with E-state index in [-0.39, 0.29) is 17.5 Å². The van der Waals surface area contributed by atoms with E-state index in [1.807, 2.05) is 0 Å². The van der Waals surface area contributed by atoms with Gasteiger partial charge in [0.25, 0.3) is 0 Å². The molecule has 90 valence electrons. The monoisotopic (exact) mass is 245 g/mol. The van der Waals surface area contributed by atoms with E-state index in [4.69, 9.17) is 5.11 Å². The molecule has 1 N–H and O–H groups in total. The minimum absolute atomic E-state index is 0.0802. The largest absolute Gasteiger partial charge is 0.478 e. The summed E-state index contributed by atoms with van der Waals surface area (Å²) in [6.07, 6.45) is 2.88. The van der Waals surface area contributed by atoms with E-state index in [9.17, 15) is 13.2 Å². The lowest BCUT2D eigenvalue weighted by molar-refractivity contribution is -0.133. The van der Waals surface area contributed by atoms with Gasteiger partial charge in [-0.3, -0.25) is 4.90 Å². The smallest absolute Gasteiger partial charge is 0.331 e. The average Bonchev–Trinajstić information content (AvgIpc) is 2.59. The molecule has 5 nitrogen and oxygen atoms in total. The van der Waals surface area contributed by atoms with Gasteiger partial charge in [-0.15, -0.1) is 0 Å². The number of hydrogen-bond donors (Lipinski definition) is 1. The average molecular weight is 245 g/mol. The van der Waals surface area contributed by atoms with E-state index in [0.29, 0.717) is 31.5 Å². The molecule has 2 rings (SSSR count). The van der Waals surface area contributed by atoms with Crippen molar-refractivity contribution in [3.05, 3.63) is 11.6 Å². The summed E-state index contributed by atoms with van der Waals surface area (Å²) in [6, 6.07) is 0.0802. The van der Waals surface area contributed by atoms with Crippen molar-refractivity contribution in [2.45, 2.75) is 18.9 Å². The van der Waals surface area contributed by atoms with Crippen molar-refractivity contribution in [3.8, 4) is 0 Å². The fourth-order valence-electron chi connectivity index (χ4n) is 2.27. The third kappa shape index (κ3) is 2.44. The Morgan fingerprint density at radius 2 is 2.25 bits per heavy atom. The molecule has 1 atom stereocenters. The molecule has 0 aromatic carbocycles. The summed E-state index contributed by atoms with van der Waals surface area (Å²) in [5.74, 6) is -0.369. The predicted molar refractivity (Wildman–Crippen MR) is 59.0 cm³/mol. The molecule has 0 spiro atoms. The van der Waals surface area contributed by atoms with Gasteiger partial charge in [-0.1, -0.05) is 6.08 Å². The number of hydrogen-bond acceptors (Lipinski definition) is 4. The maximum absolute atomic E-state index is 11.3. The molecule has 16 heavy (non-hydrogen) atoms. The summed E-state index contributed by atoms with van der Waals surface area (Å²) in [5.41, 5.74) is 0.442. The summed E-state index contributed by atoms with van der Waals surface area (Å²) < 4.78 is 22.6. The Labute approximate surface area is 94.7 Å². The highest BCUT2D eigenvalue weighted by molar-refractivity contribution is 7.91. The Hall–Kier alpha value is -0.880. The number of sulfone groups is 1. The Morgan fingerprint density at radius 3 is 2.69 bits per heavy atom. The summed E-state index contributed by atoms with van der Waals surface area (Å²) >= 11 is 0. The van der Waals surface area contributed by atoms with Gasteiger partial charge < -0.3 is 5.11 Å². The molecule has 0 aliphatic carbocycles. The lowest BCUT2D eigenvalue weighted by Crippen LogP contribution is -2.39. The fraction of sp³-hybridized carbons (Fsp3) is 0.700. The van der Waals surface area contributed by atoms with E-state index >= 15 is 0 Å². The minimum Gasteiger partial charge on any atom is -0.478 e. The molecule has 6 heteroatoms. The first-order valence-corrected chi connectivity index (χ1v) is 7.17. The highest BCUT2D eigenvalue weighted by Gasteiger charge is 2.33. The molecule has 2 heterocycles. The quantitative estimate of drug-likeness (QED) is 0.734. The number of carboxylic acids is 1. The maximum atomic E-state index is 11.3. The minimum atomic E-state index is -2.85. The molecule has 0 saturated carbocycles. The molecule has 1 saturated heterocycles. The van der Waals surface area contributed by atoms with Crippen molar-refractivity contribution in [1.29, 1.82) is 0 Å². The predicted octanol–water partition coefficient (Wildman–Crippen LogP) is -0.110. The number of carboxylic acid groups (broad SMARTS) is 1. The van der Waals surface area contributed by atoms with E-state index in [1.54, 1.807) is 6.08 Å². The summed E-state index contributed by atoms with van der Waals surface area (Å²) in [5, 5.41) is 8.79. The van der Waals surface area contributed by atoms with Gasteiger partial charge in [0.15, 0.2) is 9.84 Å². The molecule has 0 aromatic rings. The molecule has 0 aromatic heterocycles. The Bertz CT molecular complexity index is 426. The molecule has 0 bridgehead atoms. The Morgan fingerprint density at radius 1 is 1.50 bits per heavy atom. The highest BCUT2D eigenvalue weighted by atomic mass is 32.2. The van der Waals surface area contributed by atoms with E-state index in [0.717, 1.165) is 0 Å². The molecule has 2 aliphatic rings. The van der Waals surface area contributed by atoms with Crippen molar-refractivity contribution in [1.82, 2.24) is 4.90 Å². The van der Waals surface area contributed by atoms with Crippen molar-refractivity contribution in [2.75, 3.05) is 24.6 Å². The van der Waals surface area contributed by atoms with Crippen LogP contribution < -0.4 is 0 Å². The second-order valence-corrected chi connectivity index (χ2v) is 6.57. The summed E-state index contributed by atoms with van der Waals surface area (Å²) in [7, 11) is -2.85. The first-order valence-electron chi connectivity index (χ1n) is 5.35. The third-order valence-corrected chi connectivity index (χ3v) is 4.99. The van der Waals surface area contributed by atoms with Crippen LogP contribution in [0.3, 0.4) is 0 Å². The zero-order chi connectivity index (χ0) is 11.8. The van der Waals surface area contributed by atoms with Crippen molar-refractivity contribution < 1.29 is 18.3 Å². The molecule has 0 amide bonds. The van der Waals surface area contributed by atoms with Crippen LogP contribution in [0.4, 0.5) is 0 Å². The van der Waals surface area contributed by atoms with Gasteiger partial charge in [0.2, 0.25) is 0 Å². The second kappa shape index (κ2) is 4.18. The van der Waals surface area contributed by atoms with Gasteiger partial charge in [-0.25, -0.2) is 13.2 Å². The summed E-state index contributed by atoms with van der Waals surface area (Å²) in [4.78, 5) is 12.8. The molecule has 1 unspecified atom stereocenters. The van der Waals surface area contributed by atoms with Gasteiger partial charge in [0.05, 0.1) is 11.5 Å². The summed E-state index contributed by atoms with van der Waals surface area (Å²) in [6.45, 7) is 1.21. The first kappa shape index (κ1) is 11.6. The van der Waals surface area contributed by atoms with E-state index in [1.165, 1.54) is 0 Å². The van der Waals surface area contributed by atoms with Crippen LogP contribution in [-0.4, -0.2) is 55.0 Å². The van der Waals surface area contributed by atoms with Gasteiger partial charge >= 0.3 is 5.97 Å². The van der Waals surface area contributed by atoms with E-state index < -0.39 is 15.8 Å². The van der Waals surface area contributed by atoms with Crippen molar-refractivity contribution >= 4 is 15.8 Å². The standard InChI is InChI=1S/C10H15NO4S/c12-10(13)8-1-4-11(5-2-8)9-3-6-16(14,15)7-9/h1,9H,2-7H2,(H,12,13). The van der Waals surface area contributed by atoms with Crippen LogP contribution >= 0.6 is 0 Å². The lowest BCUT2D eigenvalue weighted by Gasteiger charge is -2.29. The number of nitrogens with zero attached hydrogens (tertiary/aromatic N) is 1. The van der Waals surface area contributed by atoms with Crippen LogP contribution in [0.1, 0.15) is 12.8 Å². The fourth-order valence-corrected chi connectivity index (χ4v) is 4.04. The first-order chi connectivity index (χ1) is 7.48. The van der Waals surface area contributed by atoms with Crippen LogP contribution in [0.2, 0.25) is 0 Å². The lowest BCUT2D eigenvalue weighted by atomic mass is 10.1. The maximum Gasteiger partial charge on any atom is 0.331 e. The number of carbonyl (C=O) groups is 1. The Kier molecular flexibility index (Phi) is 3.03. The van der Waals surface area contributed by atoms with Gasteiger partial charge in [-0.2, -0.15) is 0 Å². The Balaban J connectivity index is 1.98. The molecular weight excluding hydrogens is 230 g/mol. The molecular formula is C10H15NO4S. The second-order valence-electron chi connectivity index (χ2n) is 4.34. The van der Waals surface area contributed by atoms with Crippen molar-refractivity contribution in [2.24, 2.45) is 0 Å². The van der Waals surface area contributed by atoms with E-state index in [2.05, 4.69) is 4.90 Å². The van der Waals surface area contributed by atoms with Gasteiger partial charge in [0.1, 0.15) is 0 Å². The topological polar surface area (TPSA) is 74.7 Å². The third-order valence-electron chi connectivity index (χ3n) is 3.24. The van der Waals surface area contributed by atoms with Crippen LogP contribution in [0, 0.1) is 0 Å². The van der Waals surface area contributed by atoms with Gasteiger partial charge in [-0.05, 0) is 12.8 Å². The number of aliphatic carboxylic acids is 1. The van der Waals surface area contributed by atoms with Crippen LogP contribution in [-0.2, 0) is 14.6 Å². The van der Waals surface area contributed by atoms with Crippen molar-refractivity contribution in [3.63, 3.8) is 0 Å². The van der Waals surface area contributed by atoms with Gasteiger partial charge in [0, 0.05) is 24.7 Å². The highest BCUT2D eigenvalue weighted by Crippen LogP contribution is 2.21. The zero-order valence-electron chi connectivity index (χ0n) is 8.92. The van der Waals surface area contributed by atoms with Crippen LogP contribution in [0.25, 0.3) is 0 Å². The SMILES string of the molecule is O=C(O)C1=CCN(C2CCS(=O)(=O)C2)CC1. The van der Waals surface area contributed by atoms with Crippen LogP contribution in [0.15, 0.2) is 11.6 Å². The normalized spacial score (nSPS) is 30.0. The van der Waals surface area contributed by atoms with Crippen LogP contribution in [0.5, 0.6) is 0 Å². The molecule has 0 radical (unpaired) electrons. The zero-order valence-corrected chi connectivity index (χ0v) is 9.74. The number of rotatable bonds is 2. The molecule has 2 aliphatic heterocycles.